The number of carbonyl (C=O) groups is 1. The van der Waals surface area contributed by atoms with Crippen LogP contribution in [-0.2, 0) is 4.79 Å². The SMILES string of the molecule is COc1ccccc1NC(=O)[C@H](C)N1CC=C(c2c[nH]c3ccccc23)CC1. The van der Waals surface area contributed by atoms with Crippen molar-refractivity contribution in [3.05, 3.63) is 66.4 Å². The van der Waals surface area contributed by atoms with Crippen molar-refractivity contribution < 1.29 is 9.53 Å². The van der Waals surface area contributed by atoms with Crippen molar-refractivity contribution >= 4 is 28.1 Å². The van der Waals surface area contributed by atoms with Crippen LogP contribution in [0.15, 0.2) is 60.8 Å². The topological polar surface area (TPSA) is 57.4 Å². The summed E-state index contributed by atoms with van der Waals surface area (Å²) in [7, 11) is 1.61. The Morgan fingerprint density at radius 1 is 1.18 bits per heavy atom. The van der Waals surface area contributed by atoms with E-state index in [1.54, 1.807) is 7.11 Å². The number of para-hydroxylation sites is 3. The maximum absolute atomic E-state index is 12.7. The highest BCUT2D eigenvalue weighted by atomic mass is 16.5. The van der Waals surface area contributed by atoms with E-state index in [0.717, 1.165) is 25.0 Å². The van der Waals surface area contributed by atoms with Gasteiger partial charge < -0.3 is 15.0 Å². The normalized spacial score (nSPS) is 15.9. The summed E-state index contributed by atoms with van der Waals surface area (Å²) in [4.78, 5) is 18.3. The molecule has 0 saturated heterocycles. The van der Waals surface area contributed by atoms with E-state index in [1.807, 2.05) is 37.3 Å². The number of rotatable bonds is 5. The van der Waals surface area contributed by atoms with Gasteiger partial charge in [-0.1, -0.05) is 36.4 Å². The summed E-state index contributed by atoms with van der Waals surface area (Å²) in [6, 6.07) is 15.6. The highest BCUT2D eigenvalue weighted by molar-refractivity contribution is 5.96. The van der Waals surface area contributed by atoms with Gasteiger partial charge in [-0.25, -0.2) is 0 Å². The second kappa shape index (κ2) is 7.90. The van der Waals surface area contributed by atoms with E-state index in [-0.39, 0.29) is 11.9 Å². The molecular formula is C23H25N3O2. The standard InChI is InChI=1S/C23H25N3O2/c1-16(23(27)25-21-9-5-6-10-22(21)28-2)26-13-11-17(12-14-26)19-15-24-20-8-4-3-7-18(19)20/h3-11,15-16,24H,12-14H2,1-2H3,(H,25,27)/t16-/m0/s1. The van der Waals surface area contributed by atoms with Gasteiger partial charge in [-0.3, -0.25) is 9.69 Å². The lowest BCUT2D eigenvalue weighted by molar-refractivity contribution is -0.120. The first-order valence-electron chi connectivity index (χ1n) is 9.61. The molecule has 1 aromatic heterocycles. The zero-order valence-electron chi connectivity index (χ0n) is 16.2. The Morgan fingerprint density at radius 3 is 2.75 bits per heavy atom. The maximum atomic E-state index is 12.7. The van der Waals surface area contributed by atoms with Crippen LogP contribution in [0.4, 0.5) is 5.69 Å². The van der Waals surface area contributed by atoms with Crippen molar-refractivity contribution in [3.63, 3.8) is 0 Å². The summed E-state index contributed by atoms with van der Waals surface area (Å²) in [5.41, 5.74) is 4.46. The largest absolute Gasteiger partial charge is 0.495 e. The molecule has 0 unspecified atom stereocenters. The number of benzene rings is 2. The van der Waals surface area contributed by atoms with Gasteiger partial charge in [0.1, 0.15) is 5.75 Å². The minimum absolute atomic E-state index is 0.0200. The molecule has 28 heavy (non-hydrogen) atoms. The molecule has 0 radical (unpaired) electrons. The van der Waals surface area contributed by atoms with Crippen LogP contribution in [0.5, 0.6) is 5.75 Å². The van der Waals surface area contributed by atoms with Gasteiger partial charge in [-0.2, -0.15) is 0 Å². The Labute approximate surface area is 165 Å². The van der Waals surface area contributed by atoms with E-state index in [2.05, 4.69) is 45.7 Å². The Morgan fingerprint density at radius 2 is 1.96 bits per heavy atom. The van der Waals surface area contributed by atoms with Crippen LogP contribution < -0.4 is 10.1 Å². The number of H-pyrrole nitrogens is 1. The number of ether oxygens (including phenoxy) is 1. The Kier molecular flexibility index (Phi) is 5.17. The van der Waals surface area contributed by atoms with E-state index in [9.17, 15) is 4.79 Å². The van der Waals surface area contributed by atoms with E-state index in [0.29, 0.717) is 11.4 Å². The number of nitrogens with zero attached hydrogens (tertiary/aromatic N) is 1. The second-order valence-electron chi connectivity index (χ2n) is 7.09. The molecular weight excluding hydrogens is 350 g/mol. The number of aromatic amines is 1. The molecule has 3 aromatic rings. The van der Waals surface area contributed by atoms with Crippen LogP contribution in [-0.4, -0.2) is 42.0 Å². The Hall–Kier alpha value is -3.05. The van der Waals surface area contributed by atoms with Crippen molar-refractivity contribution in [2.75, 3.05) is 25.5 Å². The fraction of sp³-hybridized carbons (Fsp3) is 0.261. The fourth-order valence-electron chi connectivity index (χ4n) is 3.77. The van der Waals surface area contributed by atoms with E-state index in [4.69, 9.17) is 4.74 Å². The molecule has 1 aliphatic rings. The number of fused-ring (bicyclic) bond motifs is 1. The fourth-order valence-corrected chi connectivity index (χ4v) is 3.77. The monoisotopic (exact) mass is 375 g/mol. The van der Waals surface area contributed by atoms with Gasteiger partial charge in [0.2, 0.25) is 5.91 Å². The predicted octanol–water partition coefficient (Wildman–Crippen LogP) is 4.29. The Balaban J connectivity index is 1.44. The van der Waals surface area contributed by atoms with Crippen LogP contribution in [0.3, 0.4) is 0 Å². The third kappa shape index (κ3) is 3.53. The average molecular weight is 375 g/mol. The number of hydrogen-bond donors (Lipinski definition) is 2. The molecule has 1 atom stereocenters. The number of anilines is 1. The molecule has 2 heterocycles. The summed E-state index contributed by atoms with van der Waals surface area (Å²) in [5, 5.41) is 4.24. The van der Waals surface area contributed by atoms with E-state index < -0.39 is 0 Å². The first-order valence-corrected chi connectivity index (χ1v) is 9.61. The number of nitrogens with one attached hydrogen (secondary N) is 2. The number of carbonyl (C=O) groups excluding carboxylic acids is 1. The number of amides is 1. The van der Waals surface area contributed by atoms with Crippen LogP contribution in [0.25, 0.3) is 16.5 Å². The Bertz CT molecular complexity index is 1020. The molecule has 5 heteroatoms. The van der Waals surface area contributed by atoms with Gasteiger partial charge in [-0.05, 0) is 37.1 Å². The second-order valence-corrected chi connectivity index (χ2v) is 7.09. The van der Waals surface area contributed by atoms with Crippen molar-refractivity contribution in [2.45, 2.75) is 19.4 Å². The van der Waals surface area contributed by atoms with Crippen molar-refractivity contribution in [2.24, 2.45) is 0 Å². The number of methoxy groups -OCH3 is 1. The van der Waals surface area contributed by atoms with Crippen LogP contribution in [0.2, 0.25) is 0 Å². The van der Waals surface area contributed by atoms with Crippen molar-refractivity contribution in [1.82, 2.24) is 9.88 Å². The molecule has 1 aliphatic heterocycles. The van der Waals surface area contributed by atoms with Gasteiger partial charge in [0, 0.05) is 35.8 Å². The lowest BCUT2D eigenvalue weighted by Gasteiger charge is -2.31. The first kappa shape index (κ1) is 18.3. The molecule has 2 N–H and O–H groups in total. The molecule has 0 spiro atoms. The lowest BCUT2D eigenvalue weighted by atomic mass is 9.98. The summed E-state index contributed by atoms with van der Waals surface area (Å²) >= 11 is 0. The molecule has 0 saturated carbocycles. The zero-order chi connectivity index (χ0) is 19.5. The minimum atomic E-state index is -0.217. The third-order valence-corrected chi connectivity index (χ3v) is 5.47. The van der Waals surface area contributed by atoms with Gasteiger partial charge in [-0.15, -0.1) is 0 Å². The first-order chi connectivity index (χ1) is 13.7. The molecule has 1 amide bonds. The van der Waals surface area contributed by atoms with Gasteiger partial charge in [0.05, 0.1) is 18.8 Å². The van der Waals surface area contributed by atoms with Crippen LogP contribution in [0.1, 0.15) is 18.9 Å². The minimum Gasteiger partial charge on any atom is -0.495 e. The highest BCUT2D eigenvalue weighted by Gasteiger charge is 2.24. The maximum Gasteiger partial charge on any atom is 0.241 e. The van der Waals surface area contributed by atoms with Gasteiger partial charge in [0.25, 0.3) is 0 Å². The molecule has 5 nitrogen and oxygen atoms in total. The summed E-state index contributed by atoms with van der Waals surface area (Å²) in [5.74, 6) is 0.650. The van der Waals surface area contributed by atoms with E-state index >= 15 is 0 Å². The summed E-state index contributed by atoms with van der Waals surface area (Å²) in [6.45, 7) is 3.57. The lowest BCUT2D eigenvalue weighted by Crippen LogP contribution is -2.44. The zero-order valence-corrected chi connectivity index (χ0v) is 16.2. The van der Waals surface area contributed by atoms with Crippen molar-refractivity contribution in [3.8, 4) is 5.75 Å². The molecule has 0 aliphatic carbocycles. The van der Waals surface area contributed by atoms with Gasteiger partial charge in [0.15, 0.2) is 0 Å². The molecule has 0 bridgehead atoms. The van der Waals surface area contributed by atoms with Crippen LogP contribution in [0, 0.1) is 0 Å². The van der Waals surface area contributed by atoms with Gasteiger partial charge >= 0.3 is 0 Å². The molecule has 2 aromatic carbocycles. The average Bonchev–Trinajstić information content (AvgIpc) is 3.18. The van der Waals surface area contributed by atoms with Crippen molar-refractivity contribution in [1.29, 1.82) is 0 Å². The summed E-state index contributed by atoms with van der Waals surface area (Å²) < 4.78 is 5.32. The number of hydrogen-bond acceptors (Lipinski definition) is 3. The predicted molar refractivity (Wildman–Crippen MR) is 114 cm³/mol. The molecule has 4 rings (SSSR count). The third-order valence-electron chi connectivity index (χ3n) is 5.47. The molecule has 0 fully saturated rings. The highest BCUT2D eigenvalue weighted by Crippen LogP contribution is 2.30. The number of aromatic nitrogens is 1. The quantitative estimate of drug-likeness (QED) is 0.699. The van der Waals surface area contributed by atoms with Crippen LogP contribution >= 0.6 is 0 Å². The molecule has 144 valence electrons. The van der Waals surface area contributed by atoms with E-state index in [1.165, 1.54) is 16.5 Å². The summed E-state index contributed by atoms with van der Waals surface area (Å²) in [6.07, 6.45) is 5.25. The smallest absolute Gasteiger partial charge is 0.241 e.